The summed E-state index contributed by atoms with van der Waals surface area (Å²) < 4.78 is 6.65. The molecule has 5 aliphatic heterocycles. The van der Waals surface area contributed by atoms with Crippen molar-refractivity contribution in [1.29, 1.82) is 0 Å². The molecular weight excluding hydrogens is 689 g/mol. The number of hydrogen-bond donors (Lipinski definition) is 2. The highest BCUT2D eigenvalue weighted by Gasteiger charge is 2.44. The van der Waals surface area contributed by atoms with Gasteiger partial charge >= 0.3 is 0 Å². The Labute approximate surface area is 322 Å². The van der Waals surface area contributed by atoms with E-state index in [1.807, 2.05) is 12.1 Å². The molecule has 0 saturated carbocycles. The molecule has 1 aliphatic carbocycles. The molecule has 4 atom stereocenters. The summed E-state index contributed by atoms with van der Waals surface area (Å²) in [6.45, 7) is 5.84. The Morgan fingerprint density at radius 2 is 1.56 bits per heavy atom. The summed E-state index contributed by atoms with van der Waals surface area (Å²) in [4.78, 5) is 44.2. The number of carbonyl (C=O) groups is 3. The van der Waals surface area contributed by atoms with Gasteiger partial charge < -0.3 is 19.6 Å². The molecule has 0 radical (unpaired) electrons. The Kier molecular flexibility index (Phi) is 8.55. The van der Waals surface area contributed by atoms with Crippen molar-refractivity contribution in [3.63, 3.8) is 0 Å². The number of nitrogens with one attached hydrogen (secondary N) is 1. The quantitative estimate of drug-likeness (QED) is 0.221. The van der Waals surface area contributed by atoms with Crippen LogP contribution in [-0.2, 0) is 40.4 Å². The maximum absolute atomic E-state index is 13.4. The maximum Gasteiger partial charge on any atom is 0.255 e. The van der Waals surface area contributed by atoms with Gasteiger partial charge in [0.2, 0.25) is 11.8 Å². The molecule has 2 N–H and O–H groups in total. The number of piperidine rings is 2. The number of nitrogens with zero attached hydrogens (tertiary/aromatic N) is 3. The SMILES string of the molecule is O=C1CCC(N2Cc3cc4c(cc3C2=O)CN(CC2COC3(CCN(c5ccc([C@@H]6c7ccc(O)cc7CC[C@@H]6c6ccccc6)cc5)CC3)C2)C4)C(=O)N1. The second-order valence-electron chi connectivity index (χ2n) is 16.9. The van der Waals surface area contributed by atoms with Crippen LogP contribution in [-0.4, -0.2) is 70.5 Å². The van der Waals surface area contributed by atoms with Gasteiger partial charge in [0.25, 0.3) is 5.91 Å². The number of aromatic hydroxyl groups is 1. The molecule has 55 heavy (non-hydrogen) atoms. The van der Waals surface area contributed by atoms with Crippen LogP contribution in [0.1, 0.15) is 99.7 Å². The lowest BCUT2D eigenvalue weighted by molar-refractivity contribution is -0.136. The van der Waals surface area contributed by atoms with Crippen LogP contribution < -0.4 is 10.2 Å². The third kappa shape index (κ3) is 6.31. The van der Waals surface area contributed by atoms with Crippen molar-refractivity contribution in [1.82, 2.24) is 15.1 Å². The number of benzene rings is 4. The average Bonchev–Trinajstić information content (AvgIpc) is 3.88. The highest BCUT2D eigenvalue weighted by Crippen LogP contribution is 2.48. The molecule has 10 rings (SSSR count). The van der Waals surface area contributed by atoms with Crippen molar-refractivity contribution >= 4 is 23.4 Å². The molecule has 0 bridgehead atoms. The lowest BCUT2D eigenvalue weighted by Crippen LogP contribution is -2.52. The van der Waals surface area contributed by atoms with Gasteiger partial charge in [-0.15, -0.1) is 0 Å². The van der Waals surface area contributed by atoms with Crippen LogP contribution >= 0.6 is 0 Å². The first-order valence-corrected chi connectivity index (χ1v) is 20.2. The van der Waals surface area contributed by atoms with Crippen molar-refractivity contribution < 1.29 is 24.2 Å². The van der Waals surface area contributed by atoms with E-state index in [4.69, 9.17) is 4.74 Å². The van der Waals surface area contributed by atoms with Crippen molar-refractivity contribution in [3.05, 3.63) is 129 Å². The molecule has 3 fully saturated rings. The molecule has 5 heterocycles. The number of phenols is 1. The van der Waals surface area contributed by atoms with E-state index in [1.54, 1.807) is 4.90 Å². The first-order chi connectivity index (χ1) is 26.8. The van der Waals surface area contributed by atoms with Gasteiger partial charge in [-0.25, -0.2) is 0 Å². The molecule has 9 heteroatoms. The molecule has 9 nitrogen and oxygen atoms in total. The van der Waals surface area contributed by atoms with Crippen molar-refractivity contribution in [3.8, 4) is 5.75 Å². The van der Waals surface area contributed by atoms with E-state index in [2.05, 4.69) is 87.9 Å². The Morgan fingerprint density at radius 3 is 2.35 bits per heavy atom. The van der Waals surface area contributed by atoms with Gasteiger partial charge in [-0.05, 0) is 120 Å². The number of phenolic OH excluding ortho intramolecular Hbond substituents is 1. The number of carbonyl (C=O) groups excluding carboxylic acids is 3. The monoisotopic (exact) mass is 736 g/mol. The van der Waals surface area contributed by atoms with Gasteiger partial charge in [-0.3, -0.25) is 24.6 Å². The highest BCUT2D eigenvalue weighted by atomic mass is 16.5. The largest absolute Gasteiger partial charge is 0.508 e. The molecule has 3 saturated heterocycles. The molecule has 2 unspecified atom stereocenters. The van der Waals surface area contributed by atoms with Crippen LogP contribution in [0, 0.1) is 5.92 Å². The van der Waals surface area contributed by atoms with Crippen molar-refractivity contribution in [2.75, 3.05) is 31.1 Å². The van der Waals surface area contributed by atoms with Crippen LogP contribution in [0.15, 0.2) is 84.9 Å². The average molecular weight is 737 g/mol. The minimum absolute atomic E-state index is 0.0545. The number of ether oxygens (including phenoxy) is 1. The third-order valence-electron chi connectivity index (χ3n) is 13.5. The van der Waals surface area contributed by atoms with Gasteiger partial charge in [0.15, 0.2) is 0 Å². The zero-order valence-electron chi connectivity index (χ0n) is 31.2. The number of amides is 3. The minimum atomic E-state index is -0.582. The first-order valence-electron chi connectivity index (χ1n) is 20.2. The number of anilines is 1. The van der Waals surface area contributed by atoms with Crippen LogP contribution in [0.4, 0.5) is 5.69 Å². The fourth-order valence-corrected chi connectivity index (χ4v) is 10.8. The molecule has 282 valence electrons. The summed E-state index contributed by atoms with van der Waals surface area (Å²) in [7, 11) is 0. The molecule has 6 aliphatic rings. The zero-order chi connectivity index (χ0) is 37.3. The van der Waals surface area contributed by atoms with Crippen molar-refractivity contribution in [2.24, 2.45) is 5.92 Å². The maximum atomic E-state index is 13.4. The van der Waals surface area contributed by atoms with Crippen LogP contribution in [0.5, 0.6) is 5.75 Å². The predicted molar refractivity (Wildman–Crippen MR) is 209 cm³/mol. The lowest BCUT2D eigenvalue weighted by atomic mass is 9.69. The predicted octanol–water partition coefficient (Wildman–Crippen LogP) is 6.41. The summed E-state index contributed by atoms with van der Waals surface area (Å²) in [6, 6.07) is 29.7. The Morgan fingerprint density at radius 1 is 0.782 bits per heavy atom. The van der Waals surface area contributed by atoms with Gasteiger partial charge in [0.05, 0.1) is 12.2 Å². The van der Waals surface area contributed by atoms with Crippen molar-refractivity contribution in [2.45, 2.75) is 88.1 Å². The number of aryl methyl sites for hydroxylation is 1. The van der Waals surface area contributed by atoms with E-state index in [1.165, 1.54) is 39.1 Å². The van der Waals surface area contributed by atoms with Gasteiger partial charge in [0, 0.05) is 62.9 Å². The fraction of sp³-hybridized carbons (Fsp3) is 0.413. The van der Waals surface area contributed by atoms with Gasteiger partial charge in [0.1, 0.15) is 11.8 Å². The van der Waals surface area contributed by atoms with Gasteiger partial charge in [-0.2, -0.15) is 0 Å². The summed E-state index contributed by atoms with van der Waals surface area (Å²) in [6.07, 6.45) is 5.82. The van der Waals surface area contributed by atoms with Crippen LogP contribution in [0.3, 0.4) is 0 Å². The molecule has 1 spiro atoms. The van der Waals surface area contributed by atoms with E-state index >= 15 is 0 Å². The van der Waals surface area contributed by atoms with E-state index in [0.29, 0.717) is 36.1 Å². The number of rotatable bonds is 6. The highest BCUT2D eigenvalue weighted by molar-refractivity contribution is 6.05. The summed E-state index contributed by atoms with van der Waals surface area (Å²) >= 11 is 0. The zero-order valence-corrected chi connectivity index (χ0v) is 31.2. The smallest absolute Gasteiger partial charge is 0.255 e. The lowest BCUT2D eigenvalue weighted by Gasteiger charge is -2.40. The first kappa shape index (κ1) is 34.5. The second-order valence-corrected chi connectivity index (χ2v) is 16.9. The van der Waals surface area contributed by atoms with E-state index in [0.717, 1.165) is 77.0 Å². The number of fused-ring (bicyclic) bond motifs is 3. The molecule has 0 aromatic heterocycles. The third-order valence-corrected chi connectivity index (χ3v) is 13.5. The molecule has 4 aromatic rings. The van der Waals surface area contributed by atoms with Crippen LogP contribution in [0.2, 0.25) is 0 Å². The van der Waals surface area contributed by atoms with Crippen LogP contribution in [0.25, 0.3) is 0 Å². The Bertz CT molecular complexity index is 2160. The number of imide groups is 1. The number of hydrogen-bond acceptors (Lipinski definition) is 7. The molecular formula is C46H48N4O5. The van der Waals surface area contributed by atoms with E-state index < -0.39 is 6.04 Å². The standard InChI is InChI=1S/C46H48N4O5/c51-37-11-13-39-32(21-37)8-12-38(30-4-2-1-3-5-30)43(39)31-6-9-36(10-7-31)49-18-16-46(17-19-49)23-29(28-55-46)24-48-25-33-20-35-27-50(41-14-15-42(52)47-44(41)53)45(54)40(35)22-34(33)26-48/h1-7,9-11,13,20-22,29,38,41,43,51H,8,12,14-19,23-28H2,(H,47,52,53)/t29?,38-,41?,43+/m1/s1. The second kappa shape index (κ2) is 13.6. The topological polar surface area (TPSA) is 102 Å². The minimum Gasteiger partial charge on any atom is -0.508 e. The fourth-order valence-electron chi connectivity index (χ4n) is 10.8. The van der Waals surface area contributed by atoms with E-state index in [9.17, 15) is 19.5 Å². The normalized spacial score (nSPS) is 25.9. The summed E-state index contributed by atoms with van der Waals surface area (Å²) in [5.74, 6) is 0.730. The van der Waals surface area contributed by atoms with E-state index in [-0.39, 0.29) is 35.7 Å². The van der Waals surface area contributed by atoms with Gasteiger partial charge in [-0.1, -0.05) is 54.6 Å². The summed E-state index contributed by atoms with van der Waals surface area (Å²) in [5, 5.41) is 12.6. The molecule has 4 aromatic carbocycles. The Balaban J connectivity index is 0.755. The Hall–Kier alpha value is -4.99. The molecule has 3 amide bonds. The summed E-state index contributed by atoms with van der Waals surface area (Å²) in [5.41, 5.74) is 10.7.